The van der Waals surface area contributed by atoms with E-state index in [1.54, 1.807) is 41.5 Å². The molecule has 41 heavy (non-hydrogen) atoms. The summed E-state index contributed by atoms with van der Waals surface area (Å²) in [5.41, 5.74) is 4.97. The molecule has 0 aromatic carbocycles. The zero-order valence-corrected chi connectivity index (χ0v) is 26.4. The molecule has 0 saturated heterocycles. The highest BCUT2D eigenvalue weighted by molar-refractivity contribution is 8.14. The van der Waals surface area contributed by atoms with Crippen molar-refractivity contribution in [3.8, 4) is 0 Å². The Balaban J connectivity index is 1.65. The Morgan fingerprint density at radius 1 is 1.00 bits per heavy atom. The van der Waals surface area contributed by atoms with Gasteiger partial charge in [0.15, 0.2) is 21.7 Å². The topological polar surface area (TPSA) is 149 Å². The minimum Gasteiger partial charge on any atom is -0.382 e. The molecule has 0 unspecified atom stereocenters. The van der Waals surface area contributed by atoms with E-state index in [-0.39, 0.29) is 51.9 Å². The van der Waals surface area contributed by atoms with E-state index < -0.39 is 42.8 Å². The molecule has 3 rings (SSSR count). The Bertz CT molecular complexity index is 1290. The Hall–Kier alpha value is -1.90. The van der Waals surface area contributed by atoms with Crippen molar-refractivity contribution in [1.82, 2.24) is 19.5 Å². The fourth-order valence-corrected chi connectivity index (χ4v) is 6.61. The average molecular weight is 636 g/mol. The van der Waals surface area contributed by atoms with Gasteiger partial charge in [-0.1, -0.05) is 77.2 Å². The summed E-state index contributed by atoms with van der Waals surface area (Å²) in [6.07, 6.45) is 2.26. The van der Waals surface area contributed by atoms with Gasteiger partial charge in [-0.15, -0.1) is 0 Å². The molecule has 2 aromatic rings. The SMILES string of the molecule is CC(C)(C)C(=O)SCCOP(=O)(CO[C@@H]1C=C[C@H](n2cnc3c(N)ncnc32)C1(F)F)OCCSC(=O)C(C)(C)C. The molecule has 0 amide bonds. The molecule has 11 nitrogen and oxygen atoms in total. The maximum Gasteiger partial charge on any atom is 0.356 e. The summed E-state index contributed by atoms with van der Waals surface area (Å²) in [6.45, 7) is 10.4. The zero-order chi connectivity index (χ0) is 30.6. The highest BCUT2D eigenvalue weighted by Gasteiger charge is 2.52. The van der Waals surface area contributed by atoms with Gasteiger partial charge in [0.25, 0.3) is 0 Å². The molecule has 1 aliphatic rings. The Morgan fingerprint density at radius 3 is 2.10 bits per heavy atom. The predicted molar refractivity (Wildman–Crippen MR) is 156 cm³/mol. The van der Waals surface area contributed by atoms with Crippen LogP contribution in [-0.2, 0) is 27.9 Å². The molecule has 2 atom stereocenters. The van der Waals surface area contributed by atoms with Gasteiger partial charge in [0.05, 0.1) is 19.5 Å². The third-order valence-corrected chi connectivity index (χ3v) is 9.88. The highest BCUT2D eigenvalue weighted by atomic mass is 32.2. The number of nitrogens with two attached hydrogens (primary N) is 1. The first-order valence-electron chi connectivity index (χ1n) is 12.8. The molecule has 0 radical (unpaired) electrons. The van der Waals surface area contributed by atoms with Gasteiger partial charge >= 0.3 is 13.5 Å². The van der Waals surface area contributed by atoms with E-state index in [2.05, 4.69) is 15.0 Å². The summed E-state index contributed by atoms with van der Waals surface area (Å²) in [6, 6.07) is -1.49. The molecule has 0 fully saturated rings. The number of hydrogen-bond donors (Lipinski definition) is 1. The van der Waals surface area contributed by atoms with E-state index in [0.717, 1.165) is 29.9 Å². The second-order valence-electron chi connectivity index (χ2n) is 11.4. The molecule has 2 aromatic heterocycles. The molecule has 228 valence electrons. The van der Waals surface area contributed by atoms with Gasteiger partial charge in [0.2, 0.25) is 0 Å². The number of nitrogens with zero attached hydrogens (tertiary/aromatic N) is 4. The summed E-state index contributed by atoms with van der Waals surface area (Å²) < 4.78 is 62.1. The van der Waals surface area contributed by atoms with Crippen LogP contribution in [0.2, 0.25) is 0 Å². The van der Waals surface area contributed by atoms with Crippen LogP contribution in [0.4, 0.5) is 14.6 Å². The van der Waals surface area contributed by atoms with Crippen LogP contribution in [0.1, 0.15) is 47.6 Å². The van der Waals surface area contributed by atoms with Crippen LogP contribution in [-0.4, -0.2) is 72.8 Å². The second-order valence-corrected chi connectivity index (χ2v) is 15.5. The van der Waals surface area contributed by atoms with Crippen molar-refractivity contribution in [2.45, 2.75) is 59.6 Å². The highest BCUT2D eigenvalue weighted by Crippen LogP contribution is 2.51. The van der Waals surface area contributed by atoms with Crippen LogP contribution in [0, 0.1) is 10.8 Å². The molecular formula is C25H36F2N5O6PS2. The number of nitrogen functional groups attached to an aromatic ring is 1. The summed E-state index contributed by atoms with van der Waals surface area (Å²) in [5.74, 6) is -3.05. The molecule has 0 aliphatic heterocycles. The van der Waals surface area contributed by atoms with E-state index in [1.165, 1.54) is 23.0 Å². The third-order valence-electron chi connectivity index (χ3n) is 5.77. The molecule has 0 saturated carbocycles. The van der Waals surface area contributed by atoms with E-state index in [1.807, 2.05) is 0 Å². The molecule has 1 aliphatic carbocycles. The monoisotopic (exact) mass is 635 g/mol. The standard InChI is InChI=1S/C25H36F2N5O6PS2/c1-23(2,3)21(33)40-11-9-37-39(35,38-10-12-41-22(34)24(4,5)6)15-36-17-8-7-16(25(17,26)27)32-14-31-18-19(28)29-13-30-20(18)32/h7-8,13-14,16-17H,9-12,15H2,1-6H3,(H2,28,29,30)/t16-,17+/m0/s1. The van der Waals surface area contributed by atoms with Crippen molar-refractivity contribution in [3.63, 3.8) is 0 Å². The summed E-state index contributed by atoms with van der Waals surface area (Å²) in [4.78, 5) is 36.3. The number of hydrogen-bond acceptors (Lipinski definition) is 12. The van der Waals surface area contributed by atoms with Gasteiger partial charge in [-0.25, -0.2) is 23.7 Å². The largest absolute Gasteiger partial charge is 0.382 e. The normalized spacial score (nSPS) is 19.2. The smallest absolute Gasteiger partial charge is 0.356 e. The maximum atomic E-state index is 15.5. The minimum atomic E-state index is -4.05. The predicted octanol–water partition coefficient (Wildman–Crippen LogP) is 5.34. The lowest BCUT2D eigenvalue weighted by Gasteiger charge is -2.27. The lowest BCUT2D eigenvalue weighted by atomic mass is 9.99. The van der Waals surface area contributed by atoms with Crippen LogP contribution in [0.15, 0.2) is 24.8 Å². The number of allylic oxidation sites excluding steroid dienone is 1. The Morgan fingerprint density at radius 2 is 1.56 bits per heavy atom. The molecule has 16 heteroatoms. The van der Waals surface area contributed by atoms with Crippen molar-refractivity contribution in [2.24, 2.45) is 10.8 Å². The summed E-state index contributed by atoms with van der Waals surface area (Å²) in [7, 11) is -4.05. The van der Waals surface area contributed by atoms with Crippen LogP contribution in [0.5, 0.6) is 0 Å². The molecule has 0 spiro atoms. The number of carbonyl (C=O) groups excluding carboxylic acids is 2. The van der Waals surface area contributed by atoms with Crippen molar-refractivity contribution in [2.75, 3.05) is 36.8 Å². The van der Waals surface area contributed by atoms with Crippen LogP contribution < -0.4 is 5.73 Å². The van der Waals surface area contributed by atoms with E-state index in [9.17, 15) is 14.2 Å². The number of ether oxygens (including phenoxy) is 1. The quantitative estimate of drug-likeness (QED) is 0.182. The number of carbonyl (C=O) groups is 2. The third kappa shape index (κ3) is 8.57. The number of rotatable bonds is 12. The number of anilines is 1. The van der Waals surface area contributed by atoms with Crippen molar-refractivity contribution in [3.05, 3.63) is 24.8 Å². The number of halogens is 2. The van der Waals surface area contributed by atoms with Gasteiger partial charge in [0, 0.05) is 22.3 Å². The van der Waals surface area contributed by atoms with Gasteiger partial charge in [0.1, 0.15) is 30.3 Å². The first-order valence-corrected chi connectivity index (χ1v) is 16.5. The molecular weight excluding hydrogens is 599 g/mol. The lowest BCUT2D eigenvalue weighted by Crippen LogP contribution is -2.38. The van der Waals surface area contributed by atoms with E-state index in [0.29, 0.717) is 0 Å². The first kappa shape index (κ1) is 33.6. The lowest BCUT2D eigenvalue weighted by molar-refractivity contribution is -0.119. The molecule has 2 N–H and O–H groups in total. The van der Waals surface area contributed by atoms with Crippen LogP contribution in [0.25, 0.3) is 11.2 Å². The minimum absolute atomic E-state index is 0.0619. The summed E-state index contributed by atoms with van der Waals surface area (Å²) >= 11 is 2.03. The Labute approximate surface area is 246 Å². The number of imidazole rings is 1. The van der Waals surface area contributed by atoms with Gasteiger partial charge in [-0.2, -0.15) is 0 Å². The second kappa shape index (κ2) is 13.2. The maximum absolute atomic E-state index is 15.5. The number of alkyl halides is 2. The summed E-state index contributed by atoms with van der Waals surface area (Å²) in [5, 5.41) is -0.156. The van der Waals surface area contributed by atoms with Gasteiger partial charge < -0.3 is 24.1 Å². The van der Waals surface area contributed by atoms with Crippen molar-refractivity contribution < 1.29 is 36.7 Å². The zero-order valence-electron chi connectivity index (χ0n) is 23.8. The number of fused-ring (bicyclic) bond motifs is 1. The van der Waals surface area contributed by atoms with Gasteiger partial charge in [-0.3, -0.25) is 14.2 Å². The van der Waals surface area contributed by atoms with Crippen LogP contribution in [0.3, 0.4) is 0 Å². The number of aromatic nitrogens is 4. The van der Waals surface area contributed by atoms with E-state index in [4.69, 9.17) is 19.5 Å². The van der Waals surface area contributed by atoms with Gasteiger partial charge in [-0.05, 0) is 0 Å². The fraction of sp³-hybridized carbons (Fsp3) is 0.640. The average Bonchev–Trinajstić information content (AvgIpc) is 3.42. The van der Waals surface area contributed by atoms with Crippen molar-refractivity contribution >= 4 is 58.3 Å². The fourth-order valence-electron chi connectivity index (χ4n) is 3.49. The van der Waals surface area contributed by atoms with E-state index >= 15 is 8.78 Å². The number of thioether (sulfide) groups is 2. The Kier molecular flexibility index (Phi) is 10.8. The first-order chi connectivity index (χ1) is 19.0. The molecule has 0 bridgehead atoms. The van der Waals surface area contributed by atoms with Crippen LogP contribution >= 0.6 is 31.1 Å². The van der Waals surface area contributed by atoms with Crippen molar-refractivity contribution in [1.29, 1.82) is 0 Å². The molecule has 2 heterocycles.